The van der Waals surface area contributed by atoms with Crippen molar-refractivity contribution in [3.63, 3.8) is 0 Å². The minimum Gasteiger partial charge on any atom is -0.373 e. The van der Waals surface area contributed by atoms with Crippen LogP contribution in [0.15, 0.2) is 0 Å². The molecular weight excluding hydrogens is 432 g/mol. The Morgan fingerprint density at radius 3 is 1.91 bits per heavy atom. The second-order valence-corrected chi connectivity index (χ2v) is 9.52. The summed E-state index contributed by atoms with van der Waals surface area (Å²) in [6, 6.07) is -1.42. The van der Waals surface area contributed by atoms with E-state index in [-0.39, 0.29) is 24.8 Å². The number of amides is 3. The molecule has 3 amide bonds. The van der Waals surface area contributed by atoms with Gasteiger partial charge in [0.25, 0.3) is 0 Å². The summed E-state index contributed by atoms with van der Waals surface area (Å²) in [5, 5.41) is 10.6. The van der Waals surface area contributed by atoms with Crippen LogP contribution in [0, 0.1) is 11.8 Å². The molecular formula is C22H38N4O5S. The lowest BCUT2D eigenvalue weighted by atomic mass is 9.94. The van der Waals surface area contributed by atoms with Crippen LogP contribution in [-0.2, 0) is 23.9 Å². The molecule has 1 saturated heterocycles. The van der Waals surface area contributed by atoms with Crippen LogP contribution in [0.3, 0.4) is 0 Å². The Labute approximate surface area is 196 Å². The van der Waals surface area contributed by atoms with Crippen molar-refractivity contribution in [3.8, 4) is 0 Å². The van der Waals surface area contributed by atoms with Crippen molar-refractivity contribution in [1.29, 1.82) is 0 Å². The van der Waals surface area contributed by atoms with E-state index in [1.165, 1.54) is 5.49 Å². The zero-order valence-corrected chi connectivity index (χ0v) is 20.6. The molecule has 9 nitrogen and oxygen atoms in total. The summed E-state index contributed by atoms with van der Waals surface area (Å²) in [6.07, 6.45) is 2.46. The first-order chi connectivity index (χ1) is 15.0. The third kappa shape index (κ3) is 10.5. The second-order valence-electron chi connectivity index (χ2n) is 9.28. The number of nitrogens with one attached hydrogen (secondary N) is 4. The van der Waals surface area contributed by atoms with Gasteiger partial charge < -0.3 is 26.0 Å². The highest BCUT2D eigenvalue weighted by Crippen LogP contribution is 2.29. The Morgan fingerprint density at radius 2 is 1.41 bits per heavy atom. The molecule has 10 heteroatoms. The molecule has 32 heavy (non-hydrogen) atoms. The third-order valence-corrected chi connectivity index (χ3v) is 5.40. The van der Waals surface area contributed by atoms with E-state index in [9.17, 15) is 19.2 Å². The van der Waals surface area contributed by atoms with Crippen molar-refractivity contribution in [2.45, 2.75) is 78.0 Å². The molecule has 1 aliphatic rings. The fourth-order valence-electron chi connectivity index (χ4n) is 3.07. The monoisotopic (exact) mass is 470 g/mol. The summed E-state index contributed by atoms with van der Waals surface area (Å²) in [7, 11) is 0. The normalized spacial score (nSPS) is 19.1. The van der Waals surface area contributed by atoms with E-state index < -0.39 is 29.5 Å². The van der Waals surface area contributed by atoms with Gasteiger partial charge in [-0.3, -0.25) is 19.2 Å². The van der Waals surface area contributed by atoms with Gasteiger partial charge in [-0.2, -0.15) is 0 Å². The van der Waals surface area contributed by atoms with Gasteiger partial charge in [0.05, 0.1) is 31.2 Å². The Hall–Kier alpha value is -2.07. The first-order valence-corrected chi connectivity index (χ1v) is 11.7. The number of ether oxygens (including phenoxy) is 1. The Morgan fingerprint density at radius 1 is 0.906 bits per heavy atom. The van der Waals surface area contributed by atoms with Crippen molar-refractivity contribution >= 4 is 41.2 Å². The minimum absolute atomic E-state index is 0.0318. The summed E-state index contributed by atoms with van der Waals surface area (Å²) < 4.78 is 5.24. The van der Waals surface area contributed by atoms with Crippen LogP contribution in [0.5, 0.6) is 0 Å². The van der Waals surface area contributed by atoms with Crippen LogP contribution < -0.4 is 21.3 Å². The molecule has 0 aromatic carbocycles. The maximum Gasteiger partial charge on any atom is 0.243 e. The van der Waals surface area contributed by atoms with E-state index in [0.717, 1.165) is 12.8 Å². The topological polar surface area (TPSA) is 129 Å². The molecule has 0 bridgehead atoms. The van der Waals surface area contributed by atoms with Crippen LogP contribution in [0.2, 0.25) is 0 Å². The summed E-state index contributed by atoms with van der Waals surface area (Å²) >= 11 is 4.63. The maximum absolute atomic E-state index is 12.7. The van der Waals surface area contributed by atoms with Crippen LogP contribution in [0.25, 0.3) is 0 Å². The highest BCUT2D eigenvalue weighted by atomic mass is 32.1. The lowest BCUT2D eigenvalue weighted by molar-refractivity contribution is -0.132. The van der Waals surface area contributed by atoms with Crippen LogP contribution in [-0.4, -0.2) is 66.4 Å². The lowest BCUT2D eigenvalue weighted by Crippen LogP contribution is -2.52. The first-order valence-electron chi connectivity index (χ1n) is 11.2. The average molecular weight is 471 g/mol. The molecule has 4 N–H and O–H groups in total. The molecule has 1 rings (SSSR count). The van der Waals surface area contributed by atoms with Crippen molar-refractivity contribution < 1.29 is 23.9 Å². The third-order valence-electron chi connectivity index (χ3n) is 5.24. The van der Waals surface area contributed by atoms with E-state index in [0.29, 0.717) is 31.3 Å². The SMILES string of the molecule is CC(C)CC[C@H](NC(=O)CNC=S)C(=O)NCC(=O)N[C@@H](CCC(C)C)C(=O)C1(C)CO1. The molecule has 182 valence electrons. The number of epoxide rings is 1. The minimum atomic E-state index is -0.832. The predicted molar refractivity (Wildman–Crippen MR) is 126 cm³/mol. The number of Topliss-reactive ketones (excluding diaryl/α,β-unsaturated/α-hetero) is 1. The van der Waals surface area contributed by atoms with E-state index in [1.54, 1.807) is 6.92 Å². The molecule has 0 saturated carbocycles. The smallest absolute Gasteiger partial charge is 0.243 e. The average Bonchev–Trinajstić information content (AvgIpc) is 3.48. The molecule has 0 aliphatic carbocycles. The predicted octanol–water partition coefficient (Wildman–Crippen LogP) is 0.849. The van der Waals surface area contributed by atoms with Gasteiger partial charge in [0.1, 0.15) is 11.6 Å². The largest absolute Gasteiger partial charge is 0.373 e. The fourth-order valence-corrected chi connectivity index (χ4v) is 3.16. The van der Waals surface area contributed by atoms with Crippen LogP contribution >= 0.6 is 12.2 Å². The van der Waals surface area contributed by atoms with E-state index >= 15 is 0 Å². The van der Waals surface area contributed by atoms with Gasteiger partial charge in [0.2, 0.25) is 17.7 Å². The number of carbonyl (C=O) groups is 4. The molecule has 1 aliphatic heterocycles. The van der Waals surface area contributed by atoms with E-state index in [4.69, 9.17) is 4.74 Å². The molecule has 0 radical (unpaired) electrons. The Balaban J connectivity index is 2.64. The van der Waals surface area contributed by atoms with Gasteiger partial charge in [-0.1, -0.05) is 39.9 Å². The number of rotatable bonds is 16. The summed E-state index contributed by atoms with van der Waals surface area (Å²) in [5.41, 5.74) is 0.401. The van der Waals surface area contributed by atoms with Crippen molar-refractivity contribution in [3.05, 3.63) is 0 Å². The standard InChI is InChI=1S/C22H38N4O5S/c1-14(2)6-8-16(20(29)22(5)12-31-22)25-19(28)11-24-21(30)17(9-7-15(3)4)26-18(27)10-23-13-32/h13-17H,6-12H2,1-5H3,(H,23,32)(H,24,30)(H,25,28)(H,26,27)/t16-,17-,22?/m0/s1. The molecule has 0 aromatic rings. The van der Waals surface area contributed by atoms with Gasteiger partial charge in [-0.25, -0.2) is 0 Å². The Bertz CT molecular complexity index is 679. The van der Waals surface area contributed by atoms with Gasteiger partial charge in [0, 0.05) is 0 Å². The van der Waals surface area contributed by atoms with Crippen molar-refractivity contribution in [2.75, 3.05) is 19.7 Å². The van der Waals surface area contributed by atoms with Crippen molar-refractivity contribution in [2.24, 2.45) is 11.8 Å². The second kappa shape index (κ2) is 13.5. The zero-order chi connectivity index (χ0) is 24.3. The highest BCUT2D eigenvalue weighted by Gasteiger charge is 2.49. The Kier molecular flexibility index (Phi) is 11.8. The molecule has 1 unspecified atom stereocenters. The van der Waals surface area contributed by atoms with Gasteiger partial charge in [-0.05, 0) is 44.4 Å². The van der Waals surface area contributed by atoms with Crippen LogP contribution in [0.4, 0.5) is 0 Å². The van der Waals surface area contributed by atoms with Crippen molar-refractivity contribution in [1.82, 2.24) is 21.3 Å². The van der Waals surface area contributed by atoms with E-state index in [1.807, 2.05) is 27.7 Å². The molecule has 0 aromatic heterocycles. The molecule has 1 heterocycles. The summed E-state index contributed by atoms with van der Waals surface area (Å²) in [4.78, 5) is 49.8. The quantitative estimate of drug-likeness (QED) is 0.194. The lowest BCUT2D eigenvalue weighted by Gasteiger charge is -2.22. The number of hydrogen-bond donors (Lipinski definition) is 4. The molecule has 0 spiro atoms. The number of thiocarbonyl (C=S) groups is 1. The first kappa shape index (κ1) is 28.0. The summed E-state index contributed by atoms with van der Waals surface area (Å²) in [5.74, 6) is -0.682. The number of hydrogen-bond acceptors (Lipinski definition) is 6. The molecule has 1 fully saturated rings. The fraction of sp³-hybridized carbons (Fsp3) is 0.773. The maximum atomic E-state index is 12.7. The highest BCUT2D eigenvalue weighted by molar-refractivity contribution is 7.78. The van der Waals surface area contributed by atoms with Gasteiger partial charge in [0.15, 0.2) is 5.78 Å². The van der Waals surface area contributed by atoms with Gasteiger partial charge >= 0.3 is 0 Å². The number of carbonyl (C=O) groups excluding carboxylic acids is 4. The molecule has 3 atom stereocenters. The van der Waals surface area contributed by atoms with Gasteiger partial charge in [-0.15, -0.1) is 0 Å². The zero-order valence-electron chi connectivity index (χ0n) is 19.8. The number of ketones is 1. The van der Waals surface area contributed by atoms with Crippen LogP contribution in [0.1, 0.15) is 60.3 Å². The van der Waals surface area contributed by atoms with E-state index in [2.05, 4.69) is 33.5 Å². The summed E-state index contributed by atoms with van der Waals surface area (Å²) in [6.45, 7) is 9.90.